The second-order valence-corrected chi connectivity index (χ2v) is 18.9. The van der Waals surface area contributed by atoms with Crippen LogP contribution in [0.25, 0.3) is 0 Å². The molecule has 4 aromatic rings. The van der Waals surface area contributed by atoms with E-state index >= 15 is 0 Å². The molecule has 4 rings (SSSR count). The van der Waals surface area contributed by atoms with Crippen LogP contribution in [0.2, 0.25) is 0 Å². The lowest BCUT2D eigenvalue weighted by Crippen LogP contribution is -2.22. The van der Waals surface area contributed by atoms with E-state index in [4.69, 9.17) is 5.73 Å². The Bertz CT molecular complexity index is 2240. The second kappa shape index (κ2) is 19.9. The lowest BCUT2D eigenvalue weighted by molar-refractivity contribution is -0.115. The minimum absolute atomic E-state index is 0.0787. The molecule has 0 aliphatic rings. The molecule has 0 aliphatic heterocycles. The van der Waals surface area contributed by atoms with Crippen LogP contribution in [0, 0.1) is 29.1 Å². The maximum absolute atomic E-state index is 13.4. The molecule has 0 bridgehead atoms. The second-order valence-electron chi connectivity index (χ2n) is 9.53. The van der Waals surface area contributed by atoms with Crippen LogP contribution in [0.15, 0.2) is 13.0 Å². The fourth-order valence-electron chi connectivity index (χ4n) is 2.47. The van der Waals surface area contributed by atoms with Crippen molar-refractivity contribution in [2.24, 2.45) is 0 Å². The molecule has 0 saturated heterocycles. The van der Waals surface area contributed by atoms with Crippen molar-refractivity contribution < 1.29 is 61.0 Å². The third kappa shape index (κ3) is 13.0. The molecule has 0 fully saturated rings. The molecule has 0 atom stereocenters. The van der Waals surface area contributed by atoms with Gasteiger partial charge in [-0.1, -0.05) is 34.0 Å². The molecule has 302 valence electrons. The van der Waals surface area contributed by atoms with E-state index in [2.05, 4.69) is 50.7 Å². The third-order valence-corrected chi connectivity index (χ3v) is 13.1. The highest BCUT2D eigenvalue weighted by atomic mass is 32.3. The maximum Gasteiger partial charge on any atom is 0.369 e. The molecular formula is C22H29F5N12O9S6. The monoisotopic (exact) mass is 892 g/mol. The first-order valence-corrected chi connectivity index (χ1v) is 20.2. The SMILES string of the molecule is CC(=O)Nc1nnc(S(=O)(=O)N(C)C)s1.CC(=O)Nc1nnc(S(=O)(=O)Oc2c(F)c(F)c(F)c(F)c2F)s1.CN(C)S(=O)(=O)c1nnc(N)s1.CNC. The Hall–Kier alpha value is -4.18. The molecule has 2 amide bonds. The summed E-state index contributed by atoms with van der Waals surface area (Å²) in [6, 6.07) is 0. The van der Waals surface area contributed by atoms with Gasteiger partial charge in [-0.05, 0) is 14.1 Å². The first kappa shape index (κ1) is 47.8. The van der Waals surface area contributed by atoms with Crippen molar-refractivity contribution in [1.29, 1.82) is 0 Å². The summed E-state index contributed by atoms with van der Waals surface area (Å²) in [6.07, 6.45) is 0. The molecule has 5 N–H and O–H groups in total. The van der Waals surface area contributed by atoms with Crippen molar-refractivity contribution in [3.8, 4) is 5.75 Å². The van der Waals surface area contributed by atoms with Gasteiger partial charge in [0.2, 0.25) is 70.7 Å². The van der Waals surface area contributed by atoms with Crippen molar-refractivity contribution >= 4 is 91.4 Å². The van der Waals surface area contributed by atoms with E-state index in [1.165, 1.54) is 35.1 Å². The highest BCUT2D eigenvalue weighted by molar-refractivity contribution is 7.91. The van der Waals surface area contributed by atoms with E-state index in [0.29, 0.717) is 0 Å². The Labute approximate surface area is 316 Å². The third-order valence-electron chi connectivity index (χ3n) is 4.78. The Kier molecular flexibility index (Phi) is 17.7. The standard InChI is InChI=1S/C10H4F5N3O4S2.C6H10N4O3S2.C4H8N4O2S2.C2H7N/c1-2(19)16-9-17-18-10(23-9)24(20,21)22-8-6(14)4(12)3(11)5(13)7(8)15;1-4(11)7-5-8-9-6(14-5)15(12,13)10(2)3;1-8(2)12(9,10)4-7-6-3(5)11-4;1-3-2/h1H3,(H,16,17,19);1-3H3,(H,7,8,11);1-2H3,(H2,5,6);3H,1-2H3. The van der Waals surface area contributed by atoms with Crippen LogP contribution in [0.3, 0.4) is 0 Å². The molecule has 21 nitrogen and oxygen atoms in total. The summed E-state index contributed by atoms with van der Waals surface area (Å²) >= 11 is 1.90. The summed E-state index contributed by atoms with van der Waals surface area (Å²) in [4.78, 5) is 21.5. The summed E-state index contributed by atoms with van der Waals surface area (Å²) < 4.78 is 140. The summed E-state index contributed by atoms with van der Waals surface area (Å²) in [5.74, 6) is -15.1. The van der Waals surface area contributed by atoms with Crippen molar-refractivity contribution in [1.82, 2.24) is 44.5 Å². The topological polar surface area (TPSA) is 292 Å². The number of carbonyl (C=O) groups excluding carboxylic acids is 2. The Morgan fingerprint density at radius 3 is 1.30 bits per heavy atom. The predicted molar refractivity (Wildman–Crippen MR) is 184 cm³/mol. The van der Waals surface area contributed by atoms with Crippen molar-refractivity contribution in [2.75, 3.05) is 58.7 Å². The number of amides is 2. The zero-order valence-electron chi connectivity index (χ0n) is 28.7. The van der Waals surface area contributed by atoms with Crippen LogP contribution >= 0.6 is 34.0 Å². The summed E-state index contributed by atoms with van der Waals surface area (Å²) in [5, 5.41) is 27.4. The molecule has 3 aromatic heterocycles. The van der Waals surface area contributed by atoms with Gasteiger partial charge in [-0.2, -0.15) is 17.2 Å². The summed E-state index contributed by atoms with van der Waals surface area (Å²) in [5.41, 5.74) is 5.24. The van der Waals surface area contributed by atoms with Gasteiger partial charge < -0.3 is 25.9 Å². The van der Waals surface area contributed by atoms with Crippen molar-refractivity contribution in [2.45, 2.75) is 26.9 Å². The van der Waals surface area contributed by atoms with E-state index in [1.54, 1.807) is 0 Å². The minimum atomic E-state index is -5.06. The summed E-state index contributed by atoms with van der Waals surface area (Å²) in [6.45, 7) is 2.39. The van der Waals surface area contributed by atoms with E-state index in [9.17, 15) is 56.8 Å². The number of halogens is 5. The number of nitrogens with two attached hydrogens (primary N) is 1. The molecule has 0 spiro atoms. The van der Waals surface area contributed by atoms with Crippen molar-refractivity contribution in [3.63, 3.8) is 0 Å². The molecule has 0 saturated carbocycles. The number of benzene rings is 1. The molecule has 32 heteroatoms. The molecular weight excluding hydrogens is 864 g/mol. The highest BCUT2D eigenvalue weighted by Crippen LogP contribution is 2.32. The lowest BCUT2D eigenvalue weighted by Gasteiger charge is -2.08. The molecule has 3 heterocycles. The van der Waals surface area contributed by atoms with Crippen LogP contribution in [0.5, 0.6) is 5.75 Å². The number of anilines is 3. The van der Waals surface area contributed by atoms with Gasteiger partial charge >= 0.3 is 10.1 Å². The molecule has 54 heavy (non-hydrogen) atoms. The number of carbonyl (C=O) groups is 2. The maximum atomic E-state index is 13.4. The van der Waals surface area contributed by atoms with Gasteiger partial charge in [0.25, 0.3) is 24.4 Å². The van der Waals surface area contributed by atoms with Gasteiger partial charge in [0.1, 0.15) is 0 Å². The predicted octanol–water partition coefficient (Wildman–Crippen LogP) is 0.913. The number of aromatic nitrogens is 6. The van der Waals surface area contributed by atoms with Crippen LogP contribution < -0.4 is 25.9 Å². The first-order valence-electron chi connectivity index (χ1n) is 13.4. The Balaban J connectivity index is 0.000000417. The van der Waals surface area contributed by atoms with E-state index in [1.807, 2.05) is 14.1 Å². The molecule has 0 radical (unpaired) electrons. The number of nitrogens with one attached hydrogen (secondary N) is 3. The fraction of sp³-hybridized carbons (Fsp3) is 0.364. The molecule has 0 unspecified atom stereocenters. The Morgan fingerprint density at radius 1 is 0.611 bits per heavy atom. The number of hydrogen-bond acceptors (Lipinski definition) is 20. The number of rotatable bonds is 9. The van der Waals surface area contributed by atoms with Gasteiger partial charge in [-0.25, -0.2) is 38.6 Å². The average Bonchev–Trinajstić information content (AvgIpc) is 3.84. The van der Waals surface area contributed by atoms with Gasteiger partial charge in [-0.15, -0.1) is 30.6 Å². The zero-order chi connectivity index (χ0) is 41.9. The zero-order valence-corrected chi connectivity index (χ0v) is 33.6. The smallest absolute Gasteiger partial charge is 0.369 e. The van der Waals surface area contributed by atoms with Gasteiger partial charge in [0, 0.05) is 42.0 Å². The highest BCUT2D eigenvalue weighted by Gasteiger charge is 2.33. The Morgan fingerprint density at radius 2 is 0.944 bits per heavy atom. The van der Waals surface area contributed by atoms with E-state index in [-0.39, 0.29) is 41.3 Å². The normalized spacial score (nSPS) is 11.4. The summed E-state index contributed by atoms with van der Waals surface area (Å²) in [7, 11) is -2.69. The largest absolute Gasteiger partial charge is 0.374 e. The van der Waals surface area contributed by atoms with Gasteiger partial charge in [-0.3, -0.25) is 9.59 Å². The van der Waals surface area contributed by atoms with Crippen molar-refractivity contribution in [3.05, 3.63) is 29.1 Å². The van der Waals surface area contributed by atoms with E-state index in [0.717, 1.165) is 38.2 Å². The van der Waals surface area contributed by atoms with Gasteiger partial charge in [0.05, 0.1) is 0 Å². The molecule has 0 aliphatic carbocycles. The minimum Gasteiger partial charge on any atom is -0.374 e. The van der Waals surface area contributed by atoms with Crippen LogP contribution in [-0.4, -0.2) is 119 Å². The quantitative estimate of drug-likeness (QED) is 0.0597. The first-order chi connectivity index (χ1) is 24.7. The average molecular weight is 893 g/mol. The van der Waals surface area contributed by atoms with Crippen LogP contribution in [-0.2, 0) is 39.8 Å². The van der Waals surface area contributed by atoms with Crippen LogP contribution in [0.1, 0.15) is 13.8 Å². The number of hydrogen-bond donors (Lipinski definition) is 4. The van der Waals surface area contributed by atoms with E-state index < -0.39 is 75.2 Å². The fourth-order valence-corrected chi connectivity index (χ4v) is 8.32. The number of nitrogens with zero attached hydrogens (tertiary/aromatic N) is 8. The molecule has 1 aromatic carbocycles. The van der Waals surface area contributed by atoms with Crippen LogP contribution in [0.4, 0.5) is 37.3 Å². The number of nitrogen functional groups attached to an aromatic ring is 1. The lowest BCUT2D eigenvalue weighted by atomic mass is 10.3. The van der Waals surface area contributed by atoms with Gasteiger partial charge in [0.15, 0.2) is 0 Å². The number of sulfonamides is 2.